The van der Waals surface area contributed by atoms with Crippen molar-refractivity contribution in [3.63, 3.8) is 0 Å². The van der Waals surface area contributed by atoms with Crippen LogP contribution < -0.4 is 5.76 Å². The van der Waals surface area contributed by atoms with Crippen LogP contribution in [0.1, 0.15) is 5.69 Å². The van der Waals surface area contributed by atoms with Gasteiger partial charge in [-0.3, -0.25) is 4.98 Å². The highest BCUT2D eigenvalue weighted by Gasteiger charge is 2.04. The lowest BCUT2D eigenvalue weighted by molar-refractivity contribution is 0.555. The highest BCUT2D eigenvalue weighted by atomic mass is 35.5. The summed E-state index contributed by atoms with van der Waals surface area (Å²) in [6.45, 7) is 1.76. The van der Waals surface area contributed by atoms with Gasteiger partial charge < -0.3 is 4.42 Å². The van der Waals surface area contributed by atoms with Crippen molar-refractivity contribution in [1.29, 1.82) is 0 Å². The molecule has 2 heterocycles. The normalized spacial score (nSPS) is 10.8. The number of oxazole rings is 1. The number of rotatable bonds is 0. The topological polar surface area (TPSA) is 58.9 Å². The zero-order chi connectivity index (χ0) is 8.72. The quantitative estimate of drug-likeness (QED) is 0.675. The molecule has 0 saturated heterocycles. The summed E-state index contributed by atoms with van der Waals surface area (Å²) in [7, 11) is 0. The van der Waals surface area contributed by atoms with Crippen LogP contribution in [0.25, 0.3) is 11.2 Å². The molecule has 0 fully saturated rings. The van der Waals surface area contributed by atoms with Gasteiger partial charge in [0.15, 0.2) is 11.2 Å². The van der Waals surface area contributed by atoms with E-state index in [0.717, 1.165) is 0 Å². The van der Waals surface area contributed by atoms with Gasteiger partial charge in [0.25, 0.3) is 0 Å². The molecule has 2 rings (SSSR count). The van der Waals surface area contributed by atoms with E-state index < -0.39 is 5.76 Å². The Bertz CT molecular complexity index is 444. The van der Waals surface area contributed by atoms with Crippen molar-refractivity contribution in [2.75, 3.05) is 0 Å². The standard InChI is InChI=1S/C7H5ClN2O2/c1-3-4(8)2-5-6(9-3)10-7(11)12-5/h2H,1H3,(H,9,10,11). The van der Waals surface area contributed by atoms with Crippen LogP contribution in [0, 0.1) is 6.92 Å². The minimum Gasteiger partial charge on any atom is -0.406 e. The highest BCUT2D eigenvalue weighted by molar-refractivity contribution is 6.31. The molecule has 0 radical (unpaired) electrons. The number of H-pyrrole nitrogens is 1. The molecule has 0 aromatic carbocycles. The maximum atomic E-state index is 10.7. The van der Waals surface area contributed by atoms with Crippen molar-refractivity contribution in [1.82, 2.24) is 9.97 Å². The number of nitrogens with one attached hydrogen (secondary N) is 1. The van der Waals surface area contributed by atoms with Crippen LogP contribution in [0.15, 0.2) is 15.3 Å². The average Bonchev–Trinajstić information content (AvgIpc) is 2.30. The number of aromatic amines is 1. The summed E-state index contributed by atoms with van der Waals surface area (Å²) in [6, 6.07) is 1.57. The zero-order valence-corrected chi connectivity index (χ0v) is 6.97. The molecule has 0 bridgehead atoms. The second kappa shape index (κ2) is 2.35. The summed E-state index contributed by atoms with van der Waals surface area (Å²) in [5, 5.41) is 0.491. The number of pyridine rings is 1. The Morgan fingerprint density at radius 3 is 3.17 bits per heavy atom. The molecule has 1 N–H and O–H groups in total. The first-order chi connectivity index (χ1) is 5.66. The van der Waals surface area contributed by atoms with E-state index in [4.69, 9.17) is 16.0 Å². The molecule has 2 aromatic rings. The third kappa shape index (κ3) is 1.00. The fourth-order valence-corrected chi connectivity index (χ4v) is 1.09. The van der Waals surface area contributed by atoms with Gasteiger partial charge in [0, 0.05) is 6.07 Å². The monoisotopic (exact) mass is 184 g/mol. The van der Waals surface area contributed by atoms with Gasteiger partial charge in [-0.2, -0.15) is 0 Å². The van der Waals surface area contributed by atoms with Crippen molar-refractivity contribution in [2.24, 2.45) is 0 Å². The van der Waals surface area contributed by atoms with E-state index in [1.165, 1.54) is 0 Å². The fourth-order valence-electron chi connectivity index (χ4n) is 0.954. The van der Waals surface area contributed by atoms with Gasteiger partial charge in [0.05, 0.1) is 10.7 Å². The van der Waals surface area contributed by atoms with E-state index in [0.29, 0.717) is 21.9 Å². The predicted octanol–water partition coefficient (Wildman–Crippen LogP) is 1.48. The molecule has 0 saturated carbocycles. The van der Waals surface area contributed by atoms with Gasteiger partial charge in [0.1, 0.15) is 0 Å². The van der Waals surface area contributed by atoms with Gasteiger partial charge in [-0.05, 0) is 6.92 Å². The van der Waals surface area contributed by atoms with Crippen molar-refractivity contribution in [3.8, 4) is 0 Å². The fraction of sp³-hybridized carbons (Fsp3) is 0.143. The Morgan fingerprint density at radius 1 is 1.67 bits per heavy atom. The number of hydrogen-bond donors (Lipinski definition) is 1. The highest BCUT2D eigenvalue weighted by Crippen LogP contribution is 2.17. The summed E-state index contributed by atoms with van der Waals surface area (Å²) in [5.41, 5.74) is 1.48. The molecule has 2 aromatic heterocycles. The SMILES string of the molecule is Cc1nc2[nH]c(=O)oc2cc1Cl. The van der Waals surface area contributed by atoms with Crippen LogP contribution in [-0.2, 0) is 0 Å². The number of aromatic nitrogens is 2. The van der Waals surface area contributed by atoms with E-state index in [-0.39, 0.29) is 0 Å². The van der Waals surface area contributed by atoms with Gasteiger partial charge in [-0.25, -0.2) is 9.78 Å². The second-order valence-electron chi connectivity index (χ2n) is 2.42. The smallest absolute Gasteiger partial charge is 0.406 e. The van der Waals surface area contributed by atoms with Crippen molar-refractivity contribution < 1.29 is 4.42 Å². The number of halogens is 1. The average molecular weight is 185 g/mol. The third-order valence-corrected chi connectivity index (χ3v) is 1.92. The second-order valence-corrected chi connectivity index (χ2v) is 2.82. The lowest BCUT2D eigenvalue weighted by atomic mass is 10.4. The zero-order valence-electron chi connectivity index (χ0n) is 6.22. The Kier molecular flexibility index (Phi) is 1.44. The molecule has 0 aliphatic rings. The van der Waals surface area contributed by atoms with E-state index in [9.17, 15) is 4.79 Å². The van der Waals surface area contributed by atoms with Crippen LogP contribution in [0.3, 0.4) is 0 Å². The molecule has 0 spiro atoms. The van der Waals surface area contributed by atoms with Crippen molar-refractivity contribution in [3.05, 3.63) is 27.3 Å². The summed E-state index contributed by atoms with van der Waals surface area (Å²) in [6.07, 6.45) is 0. The lowest BCUT2D eigenvalue weighted by Gasteiger charge is -1.93. The Morgan fingerprint density at radius 2 is 2.42 bits per heavy atom. The van der Waals surface area contributed by atoms with Crippen molar-refractivity contribution in [2.45, 2.75) is 6.92 Å². The number of hydrogen-bond acceptors (Lipinski definition) is 3. The molecule has 4 nitrogen and oxygen atoms in total. The Labute approximate surface area is 72.2 Å². The van der Waals surface area contributed by atoms with E-state index in [1.807, 2.05) is 0 Å². The number of aryl methyl sites for hydroxylation is 1. The summed E-state index contributed by atoms with van der Waals surface area (Å²) < 4.78 is 4.75. The van der Waals surface area contributed by atoms with Crippen molar-refractivity contribution >= 4 is 22.8 Å². The summed E-state index contributed by atoms with van der Waals surface area (Å²) >= 11 is 5.76. The maximum Gasteiger partial charge on any atom is 0.418 e. The van der Waals surface area contributed by atoms with Gasteiger partial charge >= 0.3 is 5.76 Å². The molecule has 0 amide bonds. The number of fused-ring (bicyclic) bond motifs is 1. The number of nitrogens with zero attached hydrogens (tertiary/aromatic N) is 1. The van der Waals surface area contributed by atoms with Crippen LogP contribution in [0.2, 0.25) is 5.02 Å². The third-order valence-electron chi connectivity index (χ3n) is 1.54. The minimum absolute atomic E-state index is 0.385. The van der Waals surface area contributed by atoms with E-state index in [2.05, 4.69) is 9.97 Å². The Hall–Kier alpha value is -1.29. The van der Waals surface area contributed by atoms with E-state index >= 15 is 0 Å². The van der Waals surface area contributed by atoms with Crippen LogP contribution in [-0.4, -0.2) is 9.97 Å². The minimum atomic E-state index is -0.515. The van der Waals surface area contributed by atoms with Crippen LogP contribution in [0.4, 0.5) is 0 Å². The summed E-state index contributed by atoms with van der Waals surface area (Å²) in [4.78, 5) is 17.2. The molecule has 0 atom stereocenters. The van der Waals surface area contributed by atoms with Gasteiger partial charge in [-0.15, -0.1) is 0 Å². The molecule has 62 valence electrons. The predicted molar refractivity (Wildman–Crippen MR) is 44.4 cm³/mol. The first-order valence-electron chi connectivity index (χ1n) is 3.33. The first kappa shape index (κ1) is 7.36. The molecular formula is C7H5ClN2O2. The molecule has 12 heavy (non-hydrogen) atoms. The maximum absolute atomic E-state index is 10.7. The molecular weight excluding hydrogens is 180 g/mol. The van der Waals surface area contributed by atoms with Gasteiger partial charge in [-0.1, -0.05) is 11.6 Å². The molecule has 0 aliphatic heterocycles. The van der Waals surface area contributed by atoms with E-state index in [1.54, 1.807) is 13.0 Å². The molecule has 0 aliphatic carbocycles. The molecule has 0 unspecified atom stereocenters. The summed E-state index contributed by atoms with van der Waals surface area (Å²) in [5.74, 6) is -0.515. The van der Waals surface area contributed by atoms with Crippen LogP contribution >= 0.6 is 11.6 Å². The largest absolute Gasteiger partial charge is 0.418 e. The van der Waals surface area contributed by atoms with Gasteiger partial charge in [0.2, 0.25) is 0 Å². The first-order valence-corrected chi connectivity index (χ1v) is 3.70. The Balaban J connectivity index is 2.92. The molecule has 5 heteroatoms. The van der Waals surface area contributed by atoms with Crippen LogP contribution in [0.5, 0.6) is 0 Å². The lowest BCUT2D eigenvalue weighted by Crippen LogP contribution is -1.93.